The van der Waals surface area contributed by atoms with Crippen LogP contribution in [-0.4, -0.2) is 48.8 Å². The summed E-state index contributed by atoms with van der Waals surface area (Å²) >= 11 is 7.35. The third-order valence-electron chi connectivity index (χ3n) is 2.38. The van der Waals surface area contributed by atoms with Gasteiger partial charge in [0, 0.05) is 18.6 Å². The number of hydrogen-bond donors (Lipinski definition) is 4. The molecule has 0 aliphatic rings. The van der Waals surface area contributed by atoms with E-state index in [2.05, 4.69) is 35.9 Å². The second-order valence-electron chi connectivity index (χ2n) is 3.51. The van der Waals surface area contributed by atoms with E-state index in [9.17, 15) is 18.4 Å². The molecule has 0 unspecified atom stereocenters. The Balaban J connectivity index is 4.92. The minimum absolute atomic E-state index is 0.446. The molecular weight excluding hydrogens is 270 g/mol. The monoisotopic (exact) mass is 286 g/mol. The molecule has 2 N–H and O–H groups in total. The molecule has 0 aliphatic heterocycles. The maximum atomic E-state index is 14.0. The van der Waals surface area contributed by atoms with Crippen molar-refractivity contribution in [3.8, 4) is 0 Å². The molecule has 17 heavy (non-hydrogen) atoms. The highest BCUT2D eigenvalue weighted by molar-refractivity contribution is 7.80. The van der Waals surface area contributed by atoms with Crippen molar-refractivity contribution in [1.82, 2.24) is 10.6 Å². The zero-order valence-electron chi connectivity index (χ0n) is 9.59. The first-order valence-corrected chi connectivity index (χ1v) is 6.10. The molecule has 0 radical (unpaired) electrons. The third-order valence-corrected chi connectivity index (χ3v) is 3.32. The largest absolute Gasteiger partial charge is 0.356 e. The summed E-state index contributed by atoms with van der Waals surface area (Å²) in [5.74, 6) is -5.48. The van der Waals surface area contributed by atoms with Crippen LogP contribution in [0.3, 0.4) is 0 Å². The topological polar surface area (TPSA) is 58.2 Å². The van der Waals surface area contributed by atoms with Crippen LogP contribution in [0.1, 0.15) is 6.42 Å². The minimum Gasteiger partial charge on any atom is -0.356 e. The standard InChI is InChI=1S/C9H16F2N2O2S2/c1-12-7(15)8(10,4-16)3-6(14)9(11,5-17)13-2/h13,16-17H,3-5H2,1-2H3,(H,12,15)/t8-,9-/m0/s1. The van der Waals surface area contributed by atoms with Gasteiger partial charge in [0.15, 0.2) is 5.78 Å². The molecule has 0 heterocycles. The second-order valence-corrected chi connectivity index (χ2v) is 4.14. The molecule has 0 aromatic rings. The van der Waals surface area contributed by atoms with E-state index in [0.717, 1.165) is 0 Å². The van der Waals surface area contributed by atoms with Crippen molar-refractivity contribution in [2.75, 3.05) is 25.6 Å². The first kappa shape index (κ1) is 16.7. The van der Waals surface area contributed by atoms with E-state index in [1.807, 2.05) is 0 Å². The first-order chi connectivity index (χ1) is 7.79. The van der Waals surface area contributed by atoms with Crippen LogP contribution >= 0.6 is 25.3 Å². The van der Waals surface area contributed by atoms with Crippen LogP contribution in [0.4, 0.5) is 8.78 Å². The van der Waals surface area contributed by atoms with Crippen molar-refractivity contribution in [2.24, 2.45) is 0 Å². The lowest BCUT2D eigenvalue weighted by molar-refractivity contribution is -0.140. The Bertz CT molecular complexity index is 301. The predicted octanol–water partition coefficient (Wildman–Crippen LogP) is 0.145. The van der Waals surface area contributed by atoms with Crippen LogP contribution in [0.15, 0.2) is 0 Å². The number of hydrogen-bond acceptors (Lipinski definition) is 5. The number of carbonyl (C=O) groups excluding carboxylic acids is 2. The summed E-state index contributed by atoms with van der Waals surface area (Å²) in [7, 11) is 2.44. The Labute approximate surface area is 110 Å². The smallest absolute Gasteiger partial charge is 0.258 e. The molecule has 0 spiro atoms. The summed E-state index contributed by atoms with van der Waals surface area (Å²) in [5, 5.41) is 4.19. The molecule has 0 fully saturated rings. The Kier molecular flexibility index (Phi) is 6.42. The quantitative estimate of drug-likeness (QED) is 0.398. The minimum atomic E-state index is -2.52. The second kappa shape index (κ2) is 6.55. The number of nitrogens with one attached hydrogen (secondary N) is 2. The molecule has 4 nitrogen and oxygen atoms in total. The maximum absolute atomic E-state index is 14.0. The molecule has 0 aliphatic carbocycles. The van der Waals surface area contributed by atoms with Crippen LogP contribution in [0.5, 0.6) is 0 Å². The average molecular weight is 286 g/mol. The number of likely N-dealkylation sites (N-methyl/N-ethyl adjacent to an activating group) is 1. The number of carbonyl (C=O) groups is 2. The fourth-order valence-electron chi connectivity index (χ4n) is 1.13. The average Bonchev–Trinajstić information content (AvgIpc) is 2.36. The summed E-state index contributed by atoms with van der Waals surface area (Å²) in [6, 6.07) is 0. The molecule has 0 saturated heterocycles. The van der Waals surface area contributed by atoms with Gasteiger partial charge in [0.25, 0.3) is 5.91 Å². The number of halogens is 2. The normalized spacial score (nSPS) is 18.0. The van der Waals surface area contributed by atoms with Gasteiger partial charge in [-0.1, -0.05) is 0 Å². The summed E-state index contributed by atoms with van der Waals surface area (Å²) in [4.78, 5) is 22.8. The molecule has 0 aromatic carbocycles. The van der Waals surface area contributed by atoms with Gasteiger partial charge in [0.05, 0.1) is 6.42 Å². The molecule has 2 atom stereocenters. The van der Waals surface area contributed by atoms with Gasteiger partial charge in [-0.15, -0.1) is 0 Å². The van der Waals surface area contributed by atoms with E-state index in [0.29, 0.717) is 0 Å². The lowest BCUT2D eigenvalue weighted by Gasteiger charge is -2.26. The number of thiol groups is 2. The van der Waals surface area contributed by atoms with Gasteiger partial charge >= 0.3 is 0 Å². The number of ketones is 1. The molecule has 8 heteroatoms. The number of rotatable bonds is 7. The van der Waals surface area contributed by atoms with Crippen molar-refractivity contribution in [3.05, 3.63) is 0 Å². The van der Waals surface area contributed by atoms with E-state index in [-0.39, 0.29) is 0 Å². The fourth-order valence-corrected chi connectivity index (χ4v) is 1.72. The van der Waals surface area contributed by atoms with Gasteiger partial charge in [0.1, 0.15) is 0 Å². The van der Waals surface area contributed by atoms with Gasteiger partial charge < -0.3 is 5.32 Å². The molecule has 0 aromatic heterocycles. The third kappa shape index (κ3) is 3.82. The Morgan fingerprint density at radius 1 is 1.18 bits per heavy atom. The maximum Gasteiger partial charge on any atom is 0.258 e. The molecular formula is C9H16F2N2O2S2. The molecule has 100 valence electrons. The molecule has 1 amide bonds. The Morgan fingerprint density at radius 2 is 1.71 bits per heavy atom. The Hall–Kier alpha value is -0.340. The van der Waals surface area contributed by atoms with E-state index in [4.69, 9.17) is 0 Å². The molecule has 0 saturated carbocycles. The fraction of sp³-hybridized carbons (Fsp3) is 0.778. The lowest BCUT2D eigenvalue weighted by Crippen LogP contribution is -2.53. The van der Waals surface area contributed by atoms with Crippen molar-refractivity contribution in [3.63, 3.8) is 0 Å². The van der Waals surface area contributed by atoms with E-state index >= 15 is 0 Å². The zero-order chi connectivity index (χ0) is 13.7. The SMILES string of the molecule is CNC(=O)[C@@](F)(CS)CC(=O)[C@](F)(CS)NC. The number of alkyl halides is 2. The summed E-state index contributed by atoms with van der Waals surface area (Å²) in [5.41, 5.74) is -2.52. The summed E-state index contributed by atoms with van der Waals surface area (Å²) in [6.07, 6.45) is -0.895. The van der Waals surface area contributed by atoms with Crippen molar-refractivity contribution >= 4 is 36.9 Å². The van der Waals surface area contributed by atoms with Crippen molar-refractivity contribution in [1.29, 1.82) is 0 Å². The van der Waals surface area contributed by atoms with Gasteiger partial charge in [0.2, 0.25) is 11.5 Å². The van der Waals surface area contributed by atoms with E-state index in [1.54, 1.807) is 0 Å². The zero-order valence-corrected chi connectivity index (χ0v) is 11.4. The molecule has 0 bridgehead atoms. The van der Waals surface area contributed by atoms with Crippen LogP contribution < -0.4 is 10.6 Å². The van der Waals surface area contributed by atoms with Crippen molar-refractivity contribution in [2.45, 2.75) is 17.9 Å². The van der Waals surface area contributed by atoms with Gasteiger partial charge in [-0.3, -0.25) is 14.9 Å². The van der Waals surface area contributed by atoms with Gasteiger partial charge in [-0.25, -0.2) is 8.78 Å². The van der Waals surface area contributed by atoms with Crippen LogP contribution in [0.25, 0.3) is 0 Å². The van der Waals surface area contributed by atoms with Crippen LogP contribution in [0, 0.1) is 0 Å². The first-order valence-electron chi connectivity index (χ1n) is 4.83. The van der Waals surface area contributed by atoms with Gasteiger partial charge in [-0.05, 0) is 7.05 Å². The summed E-state index contributed by atoms with van der Waals surface area (Å²) in [6.45, 7) is 0. The van der Waals surface area contributed by atoms with Crippen molar-refractivity contribution < 1.29 is 18.4 Å². The Morgan fingerprint density at radius 3 is 2.00 bits per heavy atom. The highest BCUT2D eigenvalue weighted by Gasteiger charge is 2.45. The number of Topliss-reactive ketones (excluding diaryl/α,β-unsaturated/α-hetero) is 1. The van der Waals surface area contributed by atoms with E-state index in [1.165, 1.54) is 14.1 Å². The highest BCUT2D eigenvalue weighted by atomic mass is 32.1. The van der Waals surface area contributed by atoms with E-state index < -0.39 is 41.1 Å². The van der Waals surface area contributed by atoms with Crippen LogP contribution in [-0.2, 0) is 9.59 Å². The predicted molar refractivity (Wildman–Crippen MR) is 68.1 cm³/mol. The van der Waals surface area contributed by atoms with Gasteiger partial charge in [-0.2, -0.15) is 25.3 Å². The lowest BCUT2D eigenvalue weighted by atomic mass is 9.96. The number of amides is 1. The molecule has 0 rings (SSSR count). The summed E-state index contributed by atoms with van der Waals surface area (Å²) < 4.78 is 27.9. The highest BCUT2D eigenvalue weighted by Crippen LogP contribution is 2.24. The van der Waals surface area contributed by atoms with Crippen LogP contribution in [0.2, 0.25) is 0 Å².